The summed E-state index contributed by atoms with van der Waals surface area (Å²) < 4.78 is 15.1. The zero-order valence-electron chi connectivity index (χ0n) is 12.6. The maximum Gasteiger partial charge on any atom is 0.308 e. The summed E-state index contributed by atoms with van der Waals surface area (Å²) in [5.74, 6) is -0.408. The van der Waals surface area contributed by atoms with E-state index in [2.05, 4.69) is 16.6 Å². The van der Waals surface area contributed by atoms with Gasteiger partial charge < -0.3 is 14.2 Å². The summed E-state index contributed by atoms with van der Waals surface area (Å²) in [7, 11) is 1.38. The van der Waals surface area contributed by atoms with Gasteiger partial charge in [-0.1, -0.05) is 0 Å². The Bertz CT molecular complexity index is 321. The quantitative estimate of drug-likeness (QED) is 0.650. The van der Waals surface area contributed by atoms with E-state index < -0.39 is 0 Å². The molecule has 0 N–H and O–H groups in total. The average Bonchev–Trinajstić information content (AvgIpc) is 2.45. The summed E-state index contributed by atoms with van der Waals surface area (Å²) in [6.45, 7) is 6.43. The molecular formula is C14H25NO5. The molecule has 6 nitrogen and oxygen atoms in total. The van der Waals surface area contributed by atoms with Crippen LogP contribution < -0.4 is 0 Å². The predicted molar refractivity (Wildman–Crippen MR) is 73.3 cm³/mol. The zero-order chi connectivity index (χ0) is 15.0. The average molecular weight is 287 g/mol. The SMILES string of the molecule is CCOC(=O)CC[C@@H](C)N1CCO[C@@H](CC(=O)OC)C1. The minimum atomic E-state index is -0.254. The lowest BCUT2D eigenvalue weighted by Crippen LogP contribution is -2.47. The lowest BCUT2D eigenvalue weighted by Gasteiger charge is -2.36. The minimum Gasteiger partial charge on any atom is -0.469 e. The summed E-state index contributed by atoms with van der Waals surface area (Å²) in [6, 6.07) is 0.267. The smallest absolute Gasteiger partial charge is 0.308 e. The molecule has 0 aliphatic carbocycles. The van der Waals surface area contributed by atoms with Gasteiger partial charge in [-0.05, 0) is 20.3 Å². The van der Waals surface area contributed by atoms with Crippen LogP contribution >= 0.6 is 0 Å². The molecule has 0 aromatic rings. The summed E-state index contributed by atoms with van der Waals surface area (Å²) in [5.41, 5.74) is 0. The maximum atomic E-state index is 11.4. The Hall–Kier alpha value is -1.14. The first-order chi connectivity index (χ1) is 9.56. The van der Waals surface area contributed by atoms with Crippen LogP contribution in [0.25, 0.3) is 0 Å². The fraction of sp³-hybridized carbons (Fsp3) is 0.857. The van der Waals surface area contributed by atoms with Gasteiger partial charge in [0.1, 0.15) is 0 Å². The van der Waals surface area contributed by atoms with Crippen molar-refractivity contribution >= 4 is 11.9 Å². The van der Waals surface area contributed by atoms with Crippen molar-refractivity contribution in [1.29, 1.82) is 0 Å². The first-order valence-electron chi connectivity index (χ1n) is 7.14. The van der Waals surface area contributed by atoms with Crippen LogP contribution in [-0.2, 0) is 23.8 Å². The van der Waals surface area contributed by atoms with E-state index in [-0.39, 0.29) is 30.5 Å². The van der Waals surface area contributed by atoms with Crippen LogP contribution in [0.5, 0.6) is 0 Å². The summed E-state index contributed by atoms with van der Waals surface area (Å²) in [6.07, 6.45) is 1.33. The van der Waals surface area contributed by atoms with Crippen molar-refractivity contribution in [3.8, 4) is 0 Å². The van der Waals surface area contributed by atoms with Gasteiger partial charge in [0.2, 0.25) is 0 Å². The molecule has 2 atom stereocenters. The molecule has 0 spiro atoms. The standard InChI is InChI=1S/C14H25NO5/c1-4-19-13(16)6-5-11(2)15-7-8-20-12(10-15)9-14(17)18-3/h11-12H,4-10H2,1-3H3/t11-,12+/m1/s1. The Morgan fingerprint density at radius 1 is 1.40 bits per heavy atom. The Morgan fingerprint density at radius 3 is 2.80 bits per heavy atom. The van der Waals surface area contributed by atoms with E-state index >= 15 is 0 Å². The largest absolute Gasteiger partial charge is 0.469 e. The third-order valence-electron chi connectivity index (χ3n) is 3.49. The molecule has 0 aromatic carbocycles. The van der Waals surface area contributed by atoms with E-state index in [1.807, 2.05) is 0 Å². The lowest BCUT2D eigenvalue weighted by atomic mass is 10.1. The van der Waals surface area contributed by atoms with Gasteiger partial charge in [-0.15, -0.1) is 0 Å². The van der Waals surface area contributed by atoms with Crippen molar-refractivity contribution in [2.75, 3.05) is 33.4 Å². The summed E-state index contributed by atoms with van der Waals surface area (Å²) in [5, 5.41) is 0. The van der Waals surface area contributed by atoms with Gasteiger partial charge in [-0.2, -0.15) is 0 Å². The second-order valence-corrected chi connectivity index (χ2v) is 4.96. The van der Waals surface area contributed by atoms with E-state index in [4.69, 9.17) is 9.47 Å². The van der Waals surface area contributed by atoms with Gasteiger partial charge >= 0.3 is 11.9 Å². The van der Waals surface area contributed by atoms with E-state index in [0.717, 1.165) is 13.0 Å². The van der Waals surface area contributed by atoms with Crippen LogP contribution in [0.15, 0.2) is 0 Å². The fourth-order valence-corrected chi connectivity index (χ4v) is 2.28. The topological polar surface area (TPSA) is 65.1 Å². The highest BCUT2D eigenvalue weighted by Crippen LogP contribution is 2.15. The molecule has 1 rings (SSSR count). The normalized spacial score (nSPS) is 21.2. The minimum absolute atomic E-state index is 0.124. The van der Waals surface area contributed by atoms with Gasteiger partial charge in [0, 0.05) is 25.6 Å². The van der Waals surface area contributed by atoms with Crippen molar-refractivity contribution in [3.05, 3.63) is 0 Å². The van der Waals surface area contributed by atoms with E-state index in [9.17, 15) is 9.59 Å². The maximum absolute atomic E-state index is 11.4. The third kappa shape index (κ3) is 5.88. The Morgan fingerprint density at radius 2 is 2.15 bits per heavy atom. The molecule has 1 aliphatic rings. The number of rotatable bonds is 7. The van der Waals surface area contributed by atoms with E-state index in [1.165, 1.54) is 7.11 Å². The van der Waals surface area contributed by atoms with Crippen molar-refractivity contribution in [1.82, 2.24) is 4.90 Å². The molecule has 116 valence electrons. The number of ether oxygens (including phenoxy) is 3. The predicted octanol–water partition coefficient (Wildman–Crippen LogP) is 0.982. The number of esters is 2. The number of carbonyl (C=O) groups is 2. The molecule has 1 aliphatic heterocycles. The molecule has 0 aromatic heterocycles. The van der Waals surface area contributed by atoms with Crippen molar-refractivity contribution in [2.24, 2.45) is 0 Å². The number of nitrogens with zero attached hydrogens (tertiary/aromatic N) is 1. The number of morpholine rings is 1. The lowest BCUT2D eigenvalue weighted by molar-refractivity contribution is -0.146. The first kappa shape index (κ1) is 16.9. The fourth-order valence-electron chi connectivity index (χ4n) is 2.28. The van der Waals surface area contributed by atoms with Crippen LogP contribution in [0.2, 0.25) is 0 Å². The Kier molecular flexibility index (Phi) is 7.54. The second kappa shape index (κ2) is 8.92. The van der Waals surface area contributed by atoms with Crippen LogP contribution in [0.4, 0.5) is 0 Å². The monoisotopic (exact) mass is 287 g/mol. The number of carbonyl (C=O) groups excluding carboxylic acids is 2. The molecule has 0 saturated carbocycles. The molecular weight excluding hydrogens is 262 g/mol. The zero-order valence-corrected chi connectivity index (χ0v) is 12.6. The molecule has 1 fully saturated rings. The highest BCUT2D eigenvalue weighted by molar-refractivity contribution is 5.70. The van der Waals surface area contributed by atoms with Crippen LogP contribution in [0.3, 0.4) is 0 Å². The molecule has 0 amide bonds. The van der Waals surface area contributed by atoms with E-state index in [1.54, 1.807) is 6.92 Å². The van der Waals surface area contributed by atoms with Gasteiger partial charge in [0.15, 0.2) is 0 Å². The summed E-state index contributed by atoms with van der Waals surface area (Å²) >= 11 is 0. The van der Waals surface area contributed by atoms with Gasteiger partial charge in [-0.25, -0.2) is 0 Å². The van der Waals surface area contributed by atoms with Crippen LogP contribution in [-0.4, -0.2) is 62.4 Å². The van der Waals surface area contributed by atoms with Gasteiger partial charge in [0.05, 0.1) is 32.8 Å². The molecule has 1 saturated heterocycles. The molecule has 0 bridgehead atoms. The van der Waals surface area contributed by atoms with Crippen LogP contribution in [0, 0.1) is 0 Å². The molecule has 0 radical (unpaired) electrons. The highest BCUT2D eigenvalue weighted by atomic mass is 16.5. The van der Waals surface area contributed by atoms with E-state index in [0.29, 0.717) is 26.2 Å². The summed E-state index contributed by atoms with van der Waals surface area (Å²) in [4.78, 5) is 24.9. The van der Waals surface area contributed by atoms with Crippen molar-refractivity contribution in [3.63, 3.8) is 0 Å². The van der Waals surface area contributed by atoms with Crippen molar-refractivity contribution in [2.45, 2.75) is 45.3 Å². The Balaban J connectivity index is 2.34. The number of hydrogen-bond acceptors (Lipinski definition) is 6. The van der Waals surface area contributed by atoms with Crippen molar-refractivity contribution < 1.29 is 23.8 Å². The first-order valence-corrected chi connectivity index (χ1v) is 7.14. The highest BCUT2D eigenvalue weighted by Gasteiger charge is 2.26. The number of methoxy groups -OCH3 is 1. The van der Waals surface area contributed by atoms with Gasteiger partial charge in [-0.3, -0.25) is 14.5 Å². The second-order valence-electron chi connectivity index (χ2n) is 4.96. The number of hydrogen-bond donors (Lipinski definition) is 0. The molecule has 0 unspecified atom stereocenters. The molecule has 20 heavy (non-hydrogen) atoms. The molecule has 1 heterocycles. The third-order valence-corrected chi connectivity index (χ3v) is 3.49. The van der Waals surface area contributed by atoms with Crippen LogP contribution in [0.1, 0.15) is 33.1 Å². The van der Waals surface area contributed by atoms with Gasteiger partial charge in [0.25, 0.3) is 0 Å². The molecule has 6 heteroatoms. The Labute approximate surface area is 120 Å².